The lowest BCUT2D eigenvalue weighted by Gasteiger charge is -2.33. The standard InChI is InChI=1S/C13H26N2O.ClH/c1-14-6-2-12-3-7-15(8-4-12)10-13-5-9-16-11-13;/h12-14H,2-11H2,1H3;1H. The topological polar surface area (TPSA) is 24.5 Å². The first-order chi connectivity index (χ1) is 7.88. The molecule has 2 fully saturated rings. The molecule has 4 heteroatoms. The third-order valence-electron chi connectivity index (χ3n) is 4.05. The maximum Gasteiger partial charge on any atom is 0.0507 e. The van der Waals surface area contributed by atoms with Crippen LogP contribution in [-0.4, -0.2) is 51.3 Å². The van der Waals surface area contributed by atoms with Gasteiger partial charge in [-0.1, -0.05) is 0 Å². The van der Waals surface area contributed by atoms with Crippen LogP contribution in [0.1, 0.15) is 25.7 Å². The summed E-state index contributed by atoms with van der Waals surface area (Å²) in [4.78, 5) is 2.65. The van der Waals surface area contributed by atoms with Gasteiger partial charge in [0.1, 0.15) is 0 Å². The van der Waals surface area contributed by atoms with Crippen molar-refractivity contribution < 1.29 is 4.74 Å². The van der Waals surface area contributed by atoms with Crippen LogP contribution in [0.2, 0.25) is 0 Å². The van der Waals surface area contributed by atoms with Gasteiger partial charge in [0.05, 0.1) is 6.61 Å². The van der Waals surface area contributed by atoms with E-state index in [4.69, 9.17) is 4.74 Å². The Morgan fingerprint density at radius 3 is 2.53 bits per heavy atom. The number of hydrogen-bond acceptors (Lipinski definition) is 3. The van der Waals surface area contributed by atoms with Gasteiger partial charge in [0.15, 0.2) is 0 Å². The molecule has 1 N–H and O–H groups in total. The Kier molecular flexibility index (Phi) is 7.44. The van der Waals surface area contributed by atoms with Crippen molar-refractivity contribution in [1.29, 1.82) is 0 Å². The number of likely N-dealkylation sites (tertiary alicyclic amines) is 1. The van der Waals surface area contributed by atoms with E-state index in [1.165, 1.54) is 51.9 Å². The van der Waals surface area contributed by atoms with Gasteiger partial charge in [-0.15, -0.1) is 12.4 Å². The lowest BCUT2D eigenvalue weighted by atomic mass is 9.93. The van der Waals surface area contributed by atoms with E-state index in [2.05, 4.69) is 17.3 Å². The summed E-state index contributed by atoms with van der Waals surface area (Å²) in [5.74, 6) is 1.78. The van der Waals surface area contributed by atoms with Crippen LogP contribution < -0.4 is 5.32 Å². The van der Waals surface area contributed by atoms with E-state index in [1.54, 1.807) is 0 Å². The Labute approximate surface area is 112 Å². The molecule has 0 aliphatic carbocycles. The Morgan fingerprint density at radius 1 is 1.18 bits per heavy atom. The van der Waals surface area contributed by atoms with E-state index in [1.807, 2.05) is 0 Å². The molecular weight excluding hydrogens is 236 g/mol. The normalized spacial score (nSPS) is 27.0. The first-order valence-electron chi connectivity index (χ1n) is 6.83. The van der Waals surface area contributed by atoms with Gasteiger partial charge in [0, 0.05) is 13.2 Å². The van der Waals surface area contributed by atoms with Crippen molar-refractivity contribution in [3.63, 3.8) is 0 Å². The number of nitrogens with zero attached hydrogens (tertiary/aromatic N) is 1. The van der Waals surface area contributed by atoms with Gasteiger partial charge in [0.2, 0.25) is 0 Å². The van der Waals surface area contributed by atoms with Gasteiger partial charge in [-0.05, 0) is 64.2 Å². The van der Waals surface area contributed by atoms with Gasteiger partial charge in [0.25, 0.3) is 0 Å². The van der Waals surface area contributed by atoms with E-state index >= 15 is 0 Å². The highest BCUT2D eigenvalue weighted by Gasteiger charge is 2.23. The zero-order chi connectivity index (χ0) is 11.2. The fourth-order valence-corrected chi connectivity index (χ4v) is 2.90. The first-order valence-corrected chi connectivity index (χ1v) is 6.83. The Hall–Kier alpha value is 0.170. The Balaban J connectivity index is 0.00000144. The summed E-state index contributed by atoms with van der Waals surface area (Å²) in [5.41, 5.74) is 0. The molecule has 2 heterocycles. The number of hydrogen-bond donors (Lipinski definition) is 1. The van der Waals surface area contributed by atoms with Crippen LogP contribution >= 0.6 is 12.4 Å². The number of halogens is 1. The molecular formula is C13H27ClN2O. The number of piperidine rings is 1. The summed E-state index contributed by atoms with van der Waals surface area (Å²) in [6, 6.07) is 0. The van der Waals surface area contributed by atoms with Gasteiger partial charge < -0.3 is 15.0 Å². The van der Waals surface area contributed by atoms with E-state index in [0.717, 1.165) is 25.0 Å². The largest absolute Gasteiger partial charge is 0.381 e. The predicted molar refractivity (Wildman–Crippen MR) is 73.9 cm³/mol. The Bertz CT molecular complexity index is 190. The van der Waals surface area contributed by atoms with E-state index < -0.39 is 0 Å². The zero-order valence-corrected chi connectivity index (χ0v) is 11.8. The number of rotatable bonds is 5. The van der Waals surface area contributed by atoms with Gasteiger partial charge in [-0.2, -0.15) is 0 Å². The van der Waals surface area contributed by atoms with E-state index in [9.17, 15) is 0 Å². The SMILES string of the molecule is CNCCC1CCN(CC2CCOC2)CC1.Cl. The molecule has 2 aliphatic heterocycles. The smallest absolute Gasteiger partial charge is 0.0507 e. The minimum atomic E-state index is 0. The number of ether oxygens (including phenoxy) is 1. The summed E-state index contributed by atoms with van der Waals surface area (Å²) in [6.07, 6.45) is 5.43. The minimum absolute atomic E-state index is 0. The molecule has 0 amide bonds. The second kappa shape index (κ2) is 8.30. The molecule has 0 aromatic rings. The molecule has 102 valence electrons. The summed E-state index contributed by atoms with van der Waals surface area (Å²) < 4.78 is 5.44. The average molecular weight is 263 g/mol. The average Bonchev–Trinajstić information content (AvgIpc) is 2.81. The summed E-state index contributed by atoms with van der Waals surface area (Å²) in [7, 11) is 2.05. The van der Waals surface area contributed by atoms with Crippen LogP contribution in [0.4, 0.5) is 0 Å². The van der Waals surface area contributed by atoms with Gasteiger partial charge in [-0.3, -0.25) is 0 Å². The highest BCUT2D eigenvalue weighted by atomic mass is 35.5. The molecule has 17 heavy (non-hydrogen) atoms. The maximum atomic E-state index is 5.44. The molecule has 1 atom stereocenters. The molecule has 2 saturated heterocycles. The second-order valence-corrected chi connectivity index (χ2v) is 5.37. The molecule has 0 bridgehead atoms. The van der Waals surface area contributed by atoms with Crippen LogP contribution in [-0.2, 0) is 4.74 Å². The molecule has 2 aliphatic rings. The van der Waals surface area contributed by atoms with Gasteiger partial charge >= 0.3 is 0 Å². The molecule has 0 aromatic heterocycles. The lowest BCUT2D eigenvalue weighted by molar-refractivity contribution is 0.138. The van der Waals surface area contributed by atoms with Crippen molar-refractivity contribution >= 4 is 12.4 Å². The van der Waals surface area contributed by atoms with Crippen molar-refractivity contribution in [2.24, 2.45) is 11.8 Å². The van der Waals surface area contributed by atoms with Crippen molar-refractivity contribution in [3.05, 3.63) is 0 Å². The Morgan fingerprint density at radius 2 is 1.94 bits per heavy atom. The zero-order valence-electron chi connectivity index (χ0n) is 11.0. The van der Waals surface area contributed by atoms with Crippen LogP contribution in [0, 0.1) is 11.8 Å². The van der Waals surface area contributed by atoms with Crippen molar-refractivity contribution in [1.82, 2.24) is 10.2 Å². The summed E-state index contributed by atoms with van der Waals surface area (Å²) in [6.45, 7) is 7.07. The maximum absolute atomic E-state index is 5.44. The van der Waals surface area contributed by atoms with Crippen LogP contribution in [0.25, 0.3) is 0 Å². The third-order valence-corrected chi connectivity index (χ3v) is 4.05. The number of nitrogens with one attached hydrogen (secondary N) is 1. The first kappa shape index (κ1) is 15.2. The quantitative estimate of drug-likeness (QED) is 0.817. The highest BCUT2D eigenvalue weighted by molar-refractivity contribution is 5.85. The monoisotopic (exact) mass is 262 g/mol. The van der Waals surface area contributed by atoms with Crippen LogP contribution in [0.15, 0.2) is 0 Å². The molecule has 0 spiro atoms. The highest BCUT2D eigenvalue weighted by Crippen LogP contribution is 2.22. The third kappa shape index (κ3) is 5.12. The van der Waals surface area contributed by atoms with E-state index in [-0.39, 0.29) is 12.4 Å². The molecule has 0 radical (unpaired) electrons. The minimum Gasteiger partial charge on any atom is -0.381 e. The lowest BCUT2D eigenvalue weighted by Crippen LogP contribution is -2.37. The summed E-state index contributed by atoms with van der Waals surface area (Å²) in [5, 5.41) is 3.25. The summed E-state index contributed by atoms with van der Waals surface area (Å²) >= 11 is 0. The van der Waals surface area contributed by atoms with Crippen LogP contribution in [0.5, 0.6) is 0 Å². The molecule has 0 saturated carbocycles. The van der Waals surface area contributed by atoms with Crippen molar-refractivity contribution in [2.45, 2.75) is 25.7 Å². The molecule has 2 rings (SSSR count). The second-order valence-electron chi connectivity index (χ2n) is 5.37. The molecule has 3 nitrogen and oxygen atoms in total. The fraction of sp³-hybridized carbons (Fsp3) is 1.00. The van der Waals surface area contributed by atoms with Crippen molar-refractivity contribution in [3.8, 4) is 0 Å². The predicted octanol–water partition coefficient (Wildman–Crippen LogP) is 1.77. The van der Waals surface area contributed by atoms with Crippen LogP contribution in [0.3, 0.4) is 0 Å². The molecule has 1 unspecified atom stereocenters. The van der Waals surface area contributed by atoms with Crippen molar-refractivity contribution in [2.75, 3.05) is 46.4 Å². The van der Waals surface area contributed by atoms with E-state index in [0.29, 0.717) is 0 Å². The molecule has 0 aromatic carbocycles. The fourth-order valence-electron chi connectivity index (χ4n) is 2.90. The van der Waals surface area contributed by atoms with Gasteiger partial charge in [-0.25, -0.2) is 0 Å².